The molecule has 0 atom stereocenters. The van der Waals surface area contributed by atoms with Crippen molar-refractivity contribution in [2.24, 2.45) is 11.8 Å². The van der Waals surface area contributed by atoms with Crippen LogP contribution in [0.1, 0.15) is 36.5 Å². The molecule has 0 heterocycles. The molecule has 0 aromatic heterocycles. The molecule has 3 N–H and O–H groups in total. The molecule has 1 aromatic carbocycles. The maximum atomic E-state index is 11.3. The maximum absolute atomic E-state index is 11.3. The third-order valence-electron chi connectivity index (χ3n) is 4.11. The summed E-state index contributed by atoms with van der Waals surface area (Å²) in [7, 11) is 0. The second kappa shape index (κ2) is 8.00. The first-order valence-electron chi connectivity index (χ1n) is 7.69. The first-order chi connectivity index (χ1) is 10.2. The minimum Gasteiger partial charge on any atom is -0.492 e. The van der Waals surface area contributed by atoms with Gasteiger partial charge in [0.15, 0.2) is 0 Å². The Kier molecular flexibility index (Phi) is 6.02. The van der Waals surface area contributed by atoms with Crippen LogP contribution in [0, 0.1) is 5.92 Å². The number of hydrogen-bond donors (Lipinski definition) is 2. The third-order valence-corrected chi connectivity index (χ3v) is 4.11. The molecule has 5 heteroatoms. The lowest BCUT2D eigenvalue weighted by molar-refractivity contribution is 0.0953. The van der Waals surface area contributed by atoms with Crippen molar-refractivity contribution in [3.8, 4) is 5.75 Å². The SMILES string of the molecule is CCN(CCOc1ccc(C(=O)NN)cc1)CC1CCC1. The number of rotatable bonds is 8. The molecule has 0 radical (unpaired) electrons. The third kappa shape index (κ3) is 4.72. The number of carbonyl (C=O) groups excluding carboxylic acids is 1. The molecule has 116 valence electrons. The summed E-state index contributed by atoms with van der Waals surface area (Å²) in [6.45, 7) is 6.06. The lowest BCUT2D eigenvalue weighted by Crippen LogP contribution is -2.35. The molecule has 1 aliphatic carbocycles. The molecule has 1 saturated carbocycles. The summed E-state index contributed by atoms with van der Waals surface area (Å²) in [5.74, 6) is 6.47. The van der Waals surface area contributed by atoms with Crippen molar-refractivity contribution in [2.75, 3.05) is 26.2 Å². The number of hydrogen-bond acceptors (Lipinski definition) is 4. The normalized spacial score (nSPS) is 14.8. The molecule has 1 amide bonds. The summed E-state index contributed by atoms with van der Waals surface area (Å²) in [5, 5.41) is 0. The second-order valence-corrected chi connectivity index (χ2v) is 5.54. The first-order valence-corrected chi connectivity index (χ1v) is 7.69. The van der Waals surface area contributed by atoms with E-state index in [1.807, 2.05) is 0 Å². The summed E-state index contributed by atoms with van der Waals surface area (Å²) >= 11 is 0. The van der Waals surface area contributed by atoms with Crippen molar-refractivity contribution < 1.29 is 9.53 Å². The van der Waals surface area contributed by atoms with Crippen molar-refractivity contribution >= 4 is 5.91 Å². The van der Waals surface area contributed by atoms with Crippen molar-refractivity contribution in [3.05, 3.63) is 29.8 Å². The van der Waals surface area contributed by atoms with E-state index < -0.39 is 0 Å². The van der Waals surface area contributed by atoms with E-state index >= 15 is 0 Å². The molecule has 0 unspecified atom stereocenters. The highest BCUT2D eigenvalue weighted by Crippen LogP contribution is 2.26. The average molecular weight is 291 g/mol. The number of carbonyl (C=O) groups is 1. The van der Waals surface area contributed by atoms with Crippen LogP contribution in [-0.2, 0) is 0 Å². The predicted molar refractivity (Wildman–Crippen MR) is 83.0 cm³/mol. The summed E-state index contributed by atoms with van der Waals surface area (Å²) in [6, 6.07) is 7.02. The molecular weight excluding hydrogens is 266 g/mol. The molecule has 1 aromatic rings. The Morgan fingerprint density at radius 3 is 2.62 bits per heavy atom. The quantitative estimate of drug-likeness (QED) is 0.435. The number of nitrogens with two attached hydrogens (primary N) is 1. The van der Waals surface area contributed by atoms with Crippen molar-refractivity contribution in [1.82, 2.24) is 10.3 Å². The Bertz CT molecular complexity index is 443. The fraction of sp³-hybridized carbons (Fsp3) is 0.562. The zero-order valence-corrected chi connectivity index (χ0v) is 12.7. The Morgan fingerprint density at radius 2 is 2.10 bits per heavy atom. The van der Waals surface area contributed by atoms with Gasteiger partial charge in [-0.1, -0.05) is 13.3 Å². The zero-order valence-electron chi connectivity index (χ0n) is 12.7. The minimum atomic E-state index is -0.292. The standard InChI is InChI=1S/C16H25N3O2/c1-2-19(12-13-4-3-5-13)10-11-21-15-8-6-14(7-9-15)16(20)18-17/h6-9,13H,2-5,10-12,17H2,1H3,(H,18,20). The molecule has 0 saturated heterocycles. The number of benzene rings is 1. The Morgan fingerprint density at radius 1 is 1.38 bits per heavy atom. The van der Waals surface area contributed by atoms with E-state index in [0.717, 1.165) is 24.8 Å². The molecule has 0 bridgehead atoms. The summed E-state index contributed by atoms with van der Waals surface area (Å²) in [5.41, 5.74) is 2.64. The van der Waals surface area contributed by atoms with Crippen LogP contribution in [0.2, 0.25) is 0 Å². The summed E-state index contributed by atoms with van der Waals surface area (Å²) in [4.78, 5) is 13.8. The van der Waals surface area contributed by atoms with E-state index in [9.17, 15) is 4.79 Å². The van der Waals surface area contributed by atoms with Crippen LogP contribution in [0.25, 0.3) is 0 Å². The molecule has 5 nitrogen and oxygen atoms in total. The topological polar surface area (TPSA) is 67.6 Å². The largest absolute Gasteiger partial charge is 0.492 e. The monoisotopic (exact) mass is 291 g/mol. The van der Waals surface area contributed by atoms with Crippen molar-refractivity contribution in [3.63, 3.8) is 0 Å². The van der Waals surface area contributed by atoms with Gasteiger partial charge in [0, 0.05) is 18.7 Å². The van der Waals surface area contributed by atoms with E-state index in [2.05, 4.69) is 17.2 Å². The molecule has 1 fully saturated rings. The van der Waals surface area contributed by atoms with Crippen LogP contribution in [0.15, 0.2) is 24.3 Å². The number of hydrazine groups is 1. The highest BCUT2D eigenvalue weighted by Gasteiger charge is 2.19. The summed E-state index contributed by atoms with van der Waals surface area (Å²) in [6.07, 6.45) is 4.14. The average Bonchev–Trinajstić information content (AvgIpc) is 2.48. The van der Waals surface area contributed by atoms with Gasteiger partial charge in [-0.3, -0.25) is 15.1 Å². The highest BCUT2D eigenvalue weighted by molar-refractivity contribution is 5.93. The Balaban J connectivity index is 1.72. The summed E-state index contributed by atoms with van der Waals surface area (Å²) < 4.78 is 5.74. The van der Waals surface area contributed by atoms with Crippen molar-refractivity contribution in [2.45, 2.75) is 26.2 Å². The fourth-order valence-electron chi connectivity index (χ4n) is 2.50. The number of nitrogen functional groups attached to an aromatic ring is 1. The van der Waals surface area contributed by atoms with E-state index in [0.29, 0.717) is 12.2 Å². The molecule has 1 aliphatic rings. The Hall–Kier alpha value is -1.59. The zero-order chi connectivity index (χ0) is 15.1. The van der Waals surface area contributed by atoms with E-state index in [-0.39, 0.29) is 5.91 Å². The van der Waals surface area contributed by atoms with Gasteiger partial charge in [-0.05, 0) is 49.6 Å². The van der Waals surface area contributed by atoms with Gasteiger partial charge < -0.3 is 4.74 Å². The van der Waals surface area contributed by atoms with Gasteiger partial charge >= 0.3 is 0 Å². The predicted octanol–water partition coefficient (Wildman–Crippen LogP) is 1.79. The lowest BCUT2D eigenvalue weighted by atomic mass is 9.85. The Labute approximate surface area is 126 Å². The number of amides is 1. The van der Waals surface area contributed by atoms with Gasteiger partial charge in [-0.25, -0.2) is 5.84 Å². The first kappa shape index (κ1) is 15.8. The van der Waals surface area contributed by atoms with Gasteiger partial charge in [0.2, 0.25) is 0 Å². The smallest absolute Gasteiger partial charge is 0.265 e. The van der Waals surface area contributed by atoms with Crippen molar-refractivity contribution in [1.29, 1.82) is 0 Å². The molecular formula is C16H25N3O2. The molecule has 0 spiro atoms. The fourth-order valence-corrected chi connectivity index (χ4v) is 2.50. The molecule has 2 rings (SSSR count). The van der Waals surface area contributed by atoms with Crippen LogP contribution >= 0.6 is 0 Å². The number of likely N-dealkylation sites (N-methyl/N-ethyl adjacent to an activating group) is 1. The van der Waals surface area contributed by atoms with Gasteiger partial charge in [0.25, 0.3) is 5.91 Å². The van der Waals surface area contributed by atoms with E-state index in [1.165, 1.54) is 25.8 Å². The number of nitrogens with one attached hydrogen (secondary N) is 1. The van der Waals surface area contributed by atoms with Gasteiger partial charge in [0.05, 0.1) is 0 Å². The van der Waals surface area contributed by atoms with Crippen LogP contribution in [-0.4, -0.2) is 37.0 Å². The molecule has 0 aliphatic heterocycles. The van der Waals surface area contributed by atoms with E-state index in [4.69, 9.17) is 10.6 Å². The molecule has 21 heavy (non-hydrogen) atoms. The van der Waals surface area contributed by atoms with Crippen LogP contribution in [0.5, 0.6) is 5.75 Å². The van der Waals surface area contributed by atoms with Gasteiger partial charge in [-0.15, -0.1) is 0 Å². The second-order valence-electron chi connectivity index (χ2n) is 5.54. The van der Waals surface area contributed by atoms with Gasteiger partial charge in [0.1, 0.15) is 12.4 Å². The van der Waals surface area contributed by atoms with Crippen LogP contribution in [0.4, 0.5) is 0 Å². The number of ether oxygens (including phenoxy) is 1. The van der Waals surface area contributed by atoms with Gasteiger partial charge in [-0.2, -0.15) is 0 Å². The van der Waals surface area contributed by atoms with Crippen LogP contribution < -0.4 is 16.0 Å². The van der Waals surface area contributed by atoms with Crippen LogP contribution in [0.3, 0.4) is 0 Å². The lowest BCUT2D eigenvalue weighted by Gasteiger charge is -2.31. The minimum absolute atomic E-state index is 0.292. The highest BCUT2D eigenvalue weighted by atomic mass is 16.5. The van der Waals surface area contributed by atoms with E-state index in [1.54, 1.807) is 24.3 Å². The maximum Gasteiger partial charge on any atom is 0.265 e. The number of nitrogens with zero attached hydrogens (tertiary/aromatic N) is 1.